The van der Waals surface area contributed by atoms with Gasteiger partial charge in [0.15, 0.2) is 0 Å². The molecule has 0 aromatic carbocycles. The molecule has 2 aromatic rings. The van der Waals surface area contributed by atoms with Crippen LogP contribution in [0.15, 0.2) is 27.8 Å². The quantitative estimate of drug-likeness (QED) is 0.810. The second-order valence-corrected chi connectivity index (χ2v) is 4.45. The van der Waals surface area contributed by atoms with Gasteiger partial charge in [-0.1, -0.05) is 0 Å². The van der Waals surface area contributed by atoms with E-state index in [1.807, 2.05) is 22.5 Å². The van der Waals surface area contributed by atoms with Gasteiger partial charge in [0.05, 0.1) is 21.5 Å². The Morgan fingerprint density at radius 2 is 2.50 bits per heavy atom. The van der Waals surface area contributed by atoms with Crippen molar-refractivity contribution in [1.82, 2.24) is 14.8 Å². The molecule has 3 nitrogen and oxygen atoms in total. The lowest BCUT2D eigenvalue weighted by Crippen LogP contribution is -2.00. The van der Waals surface area contributed by atoms with Crippen molar-refractivity contribution in [2.45, 2.75) is 6.54 Å². The third kappa shape index (κ3) is 1.56. The Morgan fingerprint density at radius 3 is 3.08 bits per heavy atom. The van der Waals surface area contributed by atoms with Crippen molar-refractivity contribution in [1.29, 1.82) is 0 Å². The fourth-order valence-electron chi connectivity index (χ4n) is 0.905. The summed E-state index contributed by atoms with van der Waals surface area (Å²) in [7, 11) is 0. The van der Waals surface area contributed by atoms with Gasteiger partial charge in [-0.15, -0.1) is 11.3 Å². The van der Waals surface area contributed by atoms with Gasteiger partial charge in [-0.2, -0.15) is 5.10 Å². The van der Waals surface area contributed by atoms with Crippen molar-refractivity contribution in [2.24, 2.45) is 0 Å². The molecule has 2 aromatic heterocycles. The van der Waals surface area contributed by atoms with Crippen LogP contribution in [0.3, 0.4) is 0 Å². The first-order chi connectivity index (χ1) is 5.86. The monoisotopic (exact) mass is 243 g/mol. The van der Waals surface area contributed by atoms with Crippen molar-refractivity contribution in [2.75, 3.05) is 0 Å². The zero-order chi connectivity index (χ0) is 8.39. The summed E-state index contributed by atoms with van der Waals surface area (Å²) in [5.41, 5.74) is 2.85. The predicted molar refractivity (Wildman–Crippen MR) is 51.1 cm³/mol. The third-order valence-corrected chi connectivity index (χ3v) is 3.13. The Kier molecular flexibility index (Phi) is 2.23. The number of rotatable bonds is 2. The van der Waals surface area contributed by atoms with E-state index >= 15 is 0 Å². The summed E-state index contributed by atoms with van der Waals surface area (Å²) >= 11 is 5.02. The molecular formula is C7H6BrN3S. The maximum Gasteiger partial charge on any atom is 0.0948 e. The Morgan fingerprint density at radius 1 is 1.58 bits per heavy atom. The smallest absolute Gasteiger partial charge is 0.0948 e. The molecule has 0 atom stereocenters. The van der Waals surface area contributed by atoms with Crippen LogP contribution in [0.5, 0.6) is 0 Å². The van der Waals surface area contributed by atoms with Crippen LogP contribution in [0.25, 0.3) is 0 Å². The number of aromatic nitrogens is 3. The highest BCUT2D eigenvalue weighted by molar-refractivity contribution is 9.11. The summed E-state index contributed by atoms with van der Waals surface area (Å²) in [6, 6.07) is 1.90. The molecule has 12 heavy (non-hydrogen) atoms. The lowest BCUT2D eigenvalue weighted by Gasteiger charge is -1.96. The Balaban J connectivity index is 2.20. The molecule has 0 fully saturated rings. The minimum Gasteiger partial charge on any atom is -0.267 e. The van der Waals surface area contributed by atoms with E-state index in [4.69, 9.17) is 0 Å². The Bertz CT molecular complexity index is 354. The van der Waals surface area contributed by atoms with Crippen molar-refractivity contribution in [3.05, 3.63) is 33.5 Å². The van der Waals surface area contributed by atoms with E-state index in [0.717, 1.165) is 16.0 Å². The average molecular weight is 244 g/mol. The van der Waals surface area contributed by atoms with Gasteiger partial charge in [-0.05, 0) is 22.0 Å². The maximum absolute atomic E-state index is 4.20. The fraction of sp³-hybridized carbons (Fsp3) is 0.143. The summed E-state index contributed by atoms with van der Waals surface area (Å²) in [5.74, 6) is 0. The van der Waals surface area contributed by atoms with E-state index in [0.29, 0.717) is 0 Å². The largest absolute Gasteiger partial charge is 0.267 e. The summed E-state index contributed by atoms with van der Waals surface area (Å²) in [4.78, 5) is 4.20. The molecule has 0 bridgehead atoms. The highest BCUT2D eigenvalue weighted by atomic mass is 79.9. The standard InChI is InChI=1S/C7H6BrN3S/c8-7-6(9-5-12-7)4-11-3-1-2-10-11/h1-3,5H,4H2. The summed E-state index contributed by atoms with van der Waals surface area (Å²) in [5, 5.41) is 4.09. The van der Waals surface area contributed by atoms with Crippen LogP contribution < -0.4 is 0 Å². The second-order valence-electron chi connectivity index (χ2n) is 2.28. The summed E-state index contributed by atoms with van der Waals surface area (Å²) < 4.78 is 2.93. The molecule has 2 rings (SSSR count). The summed E-state index contributed by atoms with van der Waals surface area (Å²) in [6.07, 6.45) is 3.69. The zero-order valence-electron chi connectivity index (χ0n) is 6.14. The number of thiazole rings is 1. The zero-order valence-corrected chi connectivity index (χ0v) is 8.55. The van der Waals surface area contributed by atoms with Crippen LogP contribution in [0, 0.1) is 0 Å². The molecule has 5 heteroatoms. The lowest BCUT2D eigenvalue weighted by atomic mass is 10.5. The highest BCUT2D eigenvalue weighted by Crippen LogP contribution is 2.20. The van der Waals surface area contributed by atoms with E-state index in [-0.39, 0.29) is 0 Å². The molecule has 2 heterocycles. The first-order valence-corrected chi connectivity index (χ1v) is 5.09. The predicted octanol–water partition coefficient (Wildman–Crippen LogP) is 2.15. The van der Waals surface area contributed by atoms with Gasteiger partial charge in [0, 0.05) is 12.4 Å². The Hall–Kier alpha value is -0.680. The van der Waals surface area contributed by atoms with Gasteiger partial charge < -0.3 is 0 Å². The molecule has 0 saturated carbocycles. The normalized spacial score (nSPS) is 10.4. The van der Waals surface area contributed by atoms with Gasteiger partial charge in [0.25, 0.3) is 0 Å². The second kappa shape index (κ2) is 3.37. The van der Waals surface area contributed by atoms with Crippen LogP contribution in [-0.2, 0) is 6.54 Å². The number of hydrogen-bond acceptors (Lipinski definition) is 3. The van der Waals surface area contributed by atoms with E-state index in [9.17, 15) is 0 Å². The summed E-state index contributed by atoms with van der Waals surface area (Å²) in [6.45, 7) is 0.733. The SMILES string of the molecule is Brc1scnc1Cn1cccn1. The minimum absolute atomic E-state index is 0.733. The van der Waals surface area contributed by atoms with E-state index < -0.39 is 0 Å². The molecule has 0 N–H and O–H groups in total. The van der Waals surface area contributed by atoms with Crippen LogP contribution in [0.2, 0.25) is 0 Å². The molecule has 0 saturated heterocycles. The molecule has 0 unspecified atom stereocenters. The van der Waals surface area contributed by atoms with E-state index in [1.54, 1.807) is 17.5 Å². The first kappa shape index (κ1) is 7.94. The topological polar surface area (TPSA) is 30.7 Å². The molecule has 0 radical (unpaired) electrons. The van der Waals surface area contributed by atoms with Crippen molar-refractivity contribution < 1.29 is 0 Å². The van der Waals surface area contributed by atoms with Crippen LogP contribution in [0.4, 0.5) is 0 Å². The van der Waals surface area contributed by atoms with Crippen LogP contribution in [0.1, 0.15) is 5.69 Å². The van der Waals surface area contributed by atoms with Gasteiger partial charge in [-0.3, -0.25) is 4.68 Å². The van der Waals surface area contributed by atoms with Gasteiger partial charge in [0.1, 0.15) is 0 Å². The van der Waals surface area contributed by atoms with Gasteiger partial charge in [-0.25, -0.2) is 4.98 Å². The van der Waals surface area contributed by atoms with Crippen molar-refractivity contribution >= 4 is 27.3 Å². The minimum atomic E-state index is 0.733. The molecule has 0 aliphatic heterocycles. The number of nitrogens with zero attached hydrogens (tertiary/aromatic N) is 3. The first-order valence-electron chi connectivity index (χ1n) is 3.41. The van der Waals surface area contributed by atoms with Gasteiger partial charge >= 0.3 is 0 Å². The number of hydrogen-bond donors (Lipinski definition) is 0. The number of halogens is 1. The van der Waals surface area contributed by atoms with Crippen LogP contribution in [-0.4, -0.2) is 14.8 Å². The van der Waals surface area contributed by atoms with Crippen molar-refractivity contribution in [3.8, 4) is 0 Å². The van der Waals surface area contributed by atoms with Crippen LogP contribution >= 0.6 is 27.3 Å². The molecule has 0 aliphatic rings. The van der Waals surface area contributed by atoms with E-state index in [2.05, 4.69) is 26.0 Å². The average Bonchev–Trinajstić information content (AvgIpc) is 2.65. The van der Waals surface area contributed by atoms with Gasteiger partial charge in [0.2, 0.25) is 0 Å². The molecular weight excluding hydrogens is 238 g/mol. The molecule has 62 valence electrons. The van der Waals surface area contributed by atoms with Crippen molar-refractivity contribution in [3.63, 3.8) is 0 Å². The third-order valence-electron chi connectivity index (χ3n) is 1.46. The maximum atomic E-state index is 4.20. The molecule has 0 aliphatic carbocycles. The molecule has 0 amide bonds. The lowest BCUT2D eigenvalue weighted by molar-refractivity contribution is 0.674. The Labute approximate surface area is 82.2 Å². The molecule has 0 spiro atoms. The fourth-order valence-corrected chi connectivity index (χ4v) is 1.91. The van der Waals surface area contributed by atoms with E-state index in [1.165, 1.54) is 0 Å². The highest BCUT2D eigenvalue weighted by Gasteiger charge is 2.02.